The van der Waals surface area contributed by atoms with Crippen LogP contribution in [0.3, 0.4) is 0 Å². The fourth-order valence-corrected chi connectivity index (χ4v) is 4.72. The number of likely N-dealkylation sites (tertiary alicyclic amines) is 1. The SMILES string of the molecule is CCOC(=O)C1CCCN(C(=O)Cn2c(Cc3c(Cl)cccc3Cl)nc3ccccc32)C1. The molecule has 1 aliphatic heterocycles. The molecule has 1 fully saturated rings. The van der Waals surface area contributed by atoms with E-state index in [1.807, 2.05) is 28.8 Å². The van der Waals surface area contributed by atoms with Crippen LogP contribution in [0.5, 0.6) is 0 Å². The summed E-state index contributed by atoms with van der Waals surface area (Å²) < 4.78 is 7.09. The number of hydrogen-bond acceptors (Lipinski definition) is 4. The third kappa shape index (κ3) is 4.76. The van der Waals surface area contributed by atoms with Crippen LogP contribution in [-0.4, -0.2) is 46.0 Å². The molecule has 3 aromatic rings. The average molecular weight is 474 g/mol. The monoisotopic (exact) mass is 473 g/mol. The third-order valence-corrected chi connectivity index (χ3v) is 6.53. The summed E-state index contributed by atoms with van der Waals surface area (Å²) in [7, 11) is 0. The molecule has 1 saturated heterocycles. The highest BCUT2D eigenvalue weighted by atomic mass is 35.5. The van der Waals surface area contributed by atoms with Crippen LogP contribution in [0.15, 0.2) is 42.5 Å². The van der Waals surface area contributed by atoms with Gasteiger partial charge in [0.2, 0.25) is 5.91 Å². The number of benzene rings is 2. The van der Waals surface area contributed by atoms with Gasteiger partial charge in [-0.25, -0.2) is 4.98 Å². The first-order valence-electron chi connectivity index (χ1n) is 10.8. The number of imidazole rings is 1. The maximum absolute atomic E-state index is 13.2. The largest absolute Gasteiger partial charge is 0.466 e. The summed E-state index contributed by atoms with van der Waals surface area (Å²) in [5.41, 5.74) is 2.46. The molecule has 1 aromatic heterocycles. The van der Waals surface area contributed by atoms with Crippen molar-refractivity contribution >= 4 is 46.1 Å². The van der Waals surface area contributed by atoms with Crippen LogP contribution >= 0.6 is 23.2 Å². The lowest BCUT2D eigenvalue weighted by atomic mass is 9.98. The Balaban J connectivity index is 1.60. The predicted octanol–water partition coefficient (Wildman–Crippen LogP) is 4.74. The van der Waals surface area contributed by atoms with Gasteiger partial charge in [0.05, 0.1) is 23.6 Å². The predicted molar refractivity (Wildman–Crippen MR) is 125 cm³/mol. The Hall–Kier alpha value is -2.57. The number of fused-ring (bicyclic) bond motifs is 1. The van der Waals surface area contributed by atoms with E-state index in [1.54, 1.807) is 30.0 Å². The number of rotatable bonds is 6. The molecule has 168 valence electrons. The van der Waals surface area contributed by atoms with Crippen molar-refractivity contribution in [3.05, 3.63) is 63.9 Å². The summed E-state index contributed by atoms with van der Waals surface area (Å²) in [4.78, 5) is 31.9. The first kappa shape index (κ1) is 22.6. The highest BCUT2D eigenvalue weighted by Gasteiger charge is 2.30. The maximum atomic E-state index is 13.2. The Morgan fingerprint density at radius 3 is 2.62 bits per heavy atom. The lowest BCUT2D eigenvalue weighted by Crippen LogP contribution is -2.44. The summed E-state index contributed by atoms with van der Waals surface area (Å²) in [6.45, 7) is 3.29. The van der Waals surface area contributed by atoms with E-state index < -0.39 is 0 Å². The fraction of sp³-hybridized carbons (Fsp3) is 0.375. The van der Waals surface area contributed by atoms with Gasteiger partial charge in [-0.15, -0.1) is 0 Å². The van der Waals surface area contributed by atoms with Crippen LogP contribution in [0, 0.1) is 5.92 Å². The highest BCUT2D eigenvalue weighted by Crippen LogP contribution is 2.28. The molecule has 0 aliphatic carbocycles. The van der Waals surface area contributed by atoms with Gasteiger partial charge in [-0.1, -0.05) is 41.4 Å². The van der Waals surface area contributed by atoms with Crippen molar-refractivity contribution in [2.75, 3.05) is 19.7 Å². The summed E-state index contributed by atoms with van der Waals surface area (Å²) in [5.74, 6) is 0.169. The lowest BCUT2D eigenvalue weighted by Gasteiger charge is -2.31. The van der Waals surface area contributed by atoms with E-state index in [1.165, 1.54) is 0 Å². The van der Waals surface area contributed by atoms with Crippen molar-refractivity contribution in [3.8, 4) is 0 Å². The number of esters is 1. The van der Waals surface area contributed by atoms with Crippen molar-refractivity contribution in [1.82, 2.24) is 14.5 Å². The Bertz CT molecular complexity index is 1120. The first-order valence-corrected chi connectivity index (χ1v) is 11.5. The van der Waals surface area contributed by atoms with Crippen LogP contribution in [0.4, 0.5) is 0 Å². The molecule has 8 heteroatoms. The van der Waals surface area contributed by atoms with Gasteiger partial charge in [-0.2, -0.15) is 0 Å². The summed E-state index contributed by atoms with van der Waals surface area (Å²) >= 11 is 12.8. The number of para-hydroxylation sites is 2. The van der Waals surface area contributed by atoms with E-state index in [0.29, 0.717) is 42.0 Å². The average Bonchev–Trinajstić information content (AvgIpc) is 3.13. The number of nitrogens with zero attached hydrogens (tertiary/aromatic N) is 3. The molecule has 1 amide bonds. The number of halogens is 2. The van der Waals surface area contributed by atoms with Gasteiger partial charge >= 0.3 is 5.97 Å². The summed E-state index contributed by atoms with van der Waals surface area (Å²) in [6.07, 6.45) is 1.93. The first-order chi connectivity index (χ1) is 15.5. The topological polar surface area (TPSA) is 64.4 Å². The molecular formula is C24H25Cl2N3O3. The molecule has 2 heterocycles. The van der Waals surface area contributed by atoms with Gasteiger partial charge in [0.15, 0.2) is 0 Å². The minimum atomic E-state index is -0.270. The molecule has 1 atom stereocenters. The fourth-order valence-electron chi connectivity index (χ4n) is 4.19. The van der Waals surface area contributed by atoms with Gasteiger partial charge in [0.1, 0.15) is 12.4 Å². The zero-order valence-corrected chi connectivity index (χ0v) is 19.4. The molecule has 1 aliphatic rings. The number of ether oxygens (including phenoxy) is 1. The Kier molecular flexibility index (Phi) is 7.01. The van der Waals surface area contributed by atoms with Crippen molar-refractivity contribution in [1.29, 1.82) is 0 Å². The molecule has 0 N–H and O–H groups in total. The van der Waals surface area contributed by atoms with E-state index in [0.717, 1.165) is 29.4 Å². The molecule has 2 aromatic carbocycles. The lowest BCUT2D eigenvalue weighted by molar-refractivity contribution is -0.151. The molecule has 0 radical (unpaired) electrons. The minimum absolute atomic E-state index is 0.0475. The second-order valence-corrected chi connectivity index (χ2v) is 8.73. The number of carbonyl (C=O) groups excluding carboxylic acids is 2. The highest BCUT2D eigenvalue weighted by molar-refractivity contribution is 6.36. The van der Waals surface area contributed by atoms with Gasteiger partial charge in [-0.3, -0.25) is 9.59 Å². The van der Waals surface area contributed by atoms with Crippen molar-refractivity contribution in [2.45, 2.75) is 32.7 Å². The van der Waals surface area contributed by atoms with Gasteiger partial charge in [-0.05, 0) is 49.6 Å². The summed E-state index contributed by atoms with van der Waals surface area (Å²) in [6, 6.07) is 13.1. The second-order valence-electron chi connectivity index (χ2n) is 7.91. The van der Waals surface area contributed by atoms with Gasteiger partial charge in [0.25, 0.3) is 0 Å². The molecule has 0 saturated carbocycles. The number of aromatic nitrogens is 2. The zero-order chi connectivity index (χ0) is 22.7. The number of amides is 1. The van der Waals surface area contributed by atoms with E-state index in [4.69, 9.17) is 32.9 Å². The molecule has 0 bridgehead atoms. The Morgan fingerprint density at radius 2 is 1.88 bits per heavy atom. The second kappa shape index (κ2) is 9.92. The molecular weight excluding hydrogens is 449 g/mol. The molecule has 4 rings (SSSR count). The standard InChI is InChI=1S/C24H25Cl2N3O3/c1-2-32-24(31)16-7-6-12-28(14-16)23(30)15-29-21-11-4-3-10-20(21)27-22(29)13-17-18(25)8-5-9-19(17)26/h3-5,8-11,16H,2,6-7,12-15H2,1H3. The van der Waals surface area contributed by atoms with Gasteiger partial charge < -0.3 is 14.2 Å². The van der Waals surface area contributed by atoms with Crippen LogP contribution in [0.2, 0.25) is 10.0 Å². The normalized spacial score (nSPS) is 16.3. The van der Waals surface area contributed by atoms with Crippen molar-refractivity contribution in [2.24, 2.45) is 5.92 Å². The molecule has 6 nitrogen and oxygen atoms in total. The Labute approximate surface area is 197 Å². The van der Waals surface area contributed by atoms with E-state index in [9.17, 15) is 9.59 Å². The van der Waals surface area contributed by atoms with E-state index in [-0.39, 0.29) is 24.3 Å². The zero-order valence-electron chi connectivity index (χ0n) is 17.9. The van der Waals surface area contributed by atoms with Crippen molar-refractivity contribution in [3.63, 3.8) is 0 Å². The van der Waals surface area contributed by atoms with Crippen LogP contribution in [0.1, 0.15) is 31.2 Å². The Morgan fingerprint density at radius 1 is 1.12 bits per heavy atom. The van der Waals surface area contributed by atoms with Gasteiger partial charge in [0, 0.05) is 29.6 Å². The number of hydrogen-bond donors (Lipinski definition) is 0. The van der Waals surface area contributed by atoms with E-state index in [2.05, 4.69) is 0 Å². The van der Waals surface area contributed by atoms with Crippen LogP contribution < -0.4 is 0 Å². The maximum Gasteiger partial charge on any atom is 0.310 e. The smallest absolute Gasteiger partial charge is 0.310 e. The quantitative estimate of drug-likeness (QED) is 0.485. The molecule has 1 unspecified atom stereocenters. The summed E-state index contributed by atoms with van der Waals surface area (Å²) in [5, 5.41) is 1.13. The van der Waals surface area contributed by atoms with Crippen LogP contribution in [-0.2, 0) is 27.3 Å². The number of carbonyl (C=O) groups is 2. The number of piperidine rings is 1. The molecule has 0 spiro atoms. The van der Waals surface area contributed by atoms with Crippen LogP contribution in [0.25, 0.3) is 11.0 Å². The third-order valence-electron chi connectivity index (χ3n) is 5.82. The molecule has 32 heavy (non-hydrogen) atoms. The van der Waals surface area contributed by atoms with Crippen molar-refractivity contribution < 1.29 is 14.3 Å². The van der Waals surface area contributed by atoms with E-state index >= 15 is 0 Å². The minimum Gasteiger partial charge on any atom is -0.466 e.